The molecule has 5 heteroatoms. The van der Waals surface area contributed by atoms with Crippen molar-refractivity contribution in [2.45, 2.75) is 36.4 Å². The number of hydrogen-bond acceptors (Lipinski definition) is 5. The minimum absolute atomic E-state index is 0.345. The van der Waals surface area contributed by atoms with E-state index in [1.807, 2.05) is 13.1 Å². The van der Waals surface area contributed by atoms with Crippen LogP contribution in [-0.4, -0.2) is 17.2 Å². The minimum atomic E-state index is 0.345. The van der Waals surface area contributed by atoms with Crippen molar-refractivity contribution < 1.29 is 4.42 Å². The average molecular weight is 263 g/mol. The van der Waals surface area contributed by atoms with E-state index in [1.54, 1.807) is 6.92 Å². The second kappa shape index (κ2) is 6.02. The third-order valence-electron chi connectivity index (χ3n) is 2.76. The number of nitrogens with zero attached hydrogens (tertiary/aromatic N) is 2. The number of nitrogens with one attached hydrogen (secondary N) is 1. The molecule has 18 heavy (non-hydrogen) atoms. The van der Waals surface area contributed by atoms with Gasteiger partial charge < -0.3 is 9.73 Å². The minimum Gasteiger partial charge on any atom is -0.416 e. The first-order chi connectivity index (χ1) is 8.74. The van der Waals surface area contributed by atoms with Gasteiger partial charge in [0.2, 0.25) is 5.89 Å². The molecule has 0 aliphatic carbocycles. The fourth-order valence-corrected chi connectivity index (χ4v) is 2.76. The van der Waals surface area contributed by atoms with E-state index < -0.39 is 0 Å². The maximum Gasteiger partial charge on any atom is 0.281 e. The molecular weight excluding hydrogens is 246 g/mol. The SMILES string of the molecule is CCC(NC)c1ccccc1Sc1nnc(C)o1. The van der Waals surface area contributed by atoms with E-state index in [0.717, 1.165) is 11.3 Å². The lowest BCUT2D eigenvalue weighted by Gasteiger charge is -2.17. The summed E-state index contributed by atoms with van der Waals surface area (Å²) in [6.45, 7) is 3.96. The lowest BCUT2D eigenvalue weighted by atomic mass is 10.1. The maximum absolute atomic E-state index is 5.41. The van der Waals surface area contributed by atoms with Crippen LogP contribution in [0.15, 0.2) is 38.8 Å². The molecule has 1 unspecified atom stereocenters. The van der Waals surface area contributed by atoms with E-state index in [2.05, 4.69) is 40.6 Å². The topological polar surface area (TPSA) is 51.0 Å². The highest BCUT2D eigenvalue weighted by Crippen LogP contribution is 2.33. The van der Waals surface area contributed by atoms with Crippen LogP contribution in [0.3, 0.4) is 0 Å². The fourth-order valence-electron chi connectivity index (χ4n) is 1.85. The van der Waals surface area contributed by atoms with E-state index in [9.17, 15) is 0 Å². The summed E-state index contributed by atoms with van der Waals surface area (Å²) in [7, 11) is 1.98. The van der Waals surface area contributed by atoms with Crippen LogP contribution in [0.25, 0.3) is 0 Å². The van der Waals surface area contributed by atoms with Gasteiger partial charge in [0.1, 0.15) is 0 Å². The highest BCUT2D eigenvalue weighted by atomic mass is 32.2. The van der Waals surface area contributed by atoms with Crippen LogP contribution in [0.5, 0.6) is 0 Å². The zero-order valence-corrected chi connectivity index (χ0v) is 11.6. The molecule has 1 aromatic carbocycles. The maximum atomic E-state index is 5.41. The summed E-state index contributed by atoms with van der Waals surface area (Å²) < 4.78 is 5.41. The monoisotopic (exact) mass is 263 g/mol. The van der Waals surface area contributed by atoms with E-state index in [0.29, 0.717) is 17.2 Å². The van der Waals surface area contributed by atoms with Crippen LogP contribution >= 0.6 is 11.8 Å². The summed E-state index contributed by atoms with van der Waals surface area (Å²) in [5.41, 5.74) is 1.27. The van der Waals surface area contributed by atoms with Crippen molar-refractivity contribution in [3.8, 4) is 0 Å². The fraction of sp³-hybridized carbons (Fsp3) is 0.385. The zero-order valence-electron chi connectivity index (χ0n) is 10.8. The zero-order chi connectivity index (χ0) is 13.0. The second-order valence-electron chi connectivity index (χ2n) is 3.98. The van der Waals surface area contributed by atoms with Crippen molar-refractivity contribution in [1.82, 2.24) is 15.5 Å². The van der Waals surface area contributed by atoms with Crippen molar-refractivity contribution >= 4 is 11.8 Å². The first-order valence-electron chi connectivity index (χ1n) is 5.98. The Kier molecular flexibility index (Phi) is 4.38. The van der Waals surface area contributed by atoms with Crippen LogP contribution < -0.4 is 5.32 Å². The van der Waals surface area contributed by atoms with Crippen LogP contribution in [0, 0.1) is 6.92 Å². The number of hydrogen-bond donors (Lipinski definition) is 1. The van der Waals surface area contributed by atoms with Crippen molar-refractivity contribution in [1.29, 1.82) is 0 Å². The van der Waals surface area contributed by atoms with Crippen LogP contribution in [-0.2, 0) is 0 Å². The normalized spacial score (nSPS) is 12.6. The standard InChI is InChI=1S/C13H17N3OS/c1-4-11(14-3)10-7-5-6-8-12(10)18-13-16-15-9(2)17-13/h5-8,11,14H,4H2,1-3H3. The predicted octanol–water partition coefficient (Wildman–Crippen LogP) is 3.20. The van der Waals surface area contributed by atoms with Gasteiger partial charge in [-0.15, -0.1) is 10.2 Å². The molecule has 0 radical (unpaired) electrons. The third-order valence-corrected chi connectivity index (χ3v) is 3.69. The van der Waals surface area contributed by atoms with Crippen LogP contribution in [0.2, 0.25) is 0 Å². The summed E-state index contributed by atoms with van der Waals surface area (Å²) in [6.07, 6.45) is 1.04. The Balaban J connectivity index is 2.27. The van der Waals surface area contributed by atoms with Gasteiger partial charge in [-0.3, -0.25) is 0 Å². The molecule has 1 aromatic heterocycles. The van der Waals surface area contributed by atoms with Gasteiger partial charge in [0.25, 0.3) is 5.22 Å². The highest BCUT2D eigenvalue weighted by molar-refractivity contribution is 7.99. The lowest BCUT2D eigenvalue weighted by Crippen LogP contribution is -2.15. The molecule has 0 saturated heterocycles. The van der Waals surface area contributed by atoms with Gasteiger partial charge in [-0.1, -0.05) is 25.1 Å². The molecule has 0 amide bonds. The molecule has 0 aliphatic heterocycles. The van der Waals surface area contributed by atoms with Gasteiger partial charge in [-0.2, -0.15) is 0 Å². The molecule has 1 heterocycles. The molecule has 0 spiro atoms. The van der Waals surface area contributed by atoms with Crippen molar-refractivity contribution in [3.63, 3.8) is 0 Å². The van der Waals surface area contributed by atoms with Gasteiger partial charge in [-0.25, -0.2) is 0 Å². The predicted molar refractivity (Wildman–Crippen MR) is 71.7 cm³/mol. The Bertz CT molecular complexity index is 508. The Morgan fingerprint density at radius 1 is 1.33 bits per heavy atom. The Morgan fingerprint density at radius 3 is 2.72 bits per heavy atom. The molecule has 0 saturated carbocycles. The summed E-state index contributed by atoms with van der Waals surface area (Å²) >= 11 is 1.51. The van der Waals surface area contributed by atoms with E-state index in [-0.39, 0.29) is 0 Å². The average Bonchev–Trinajstić information content (AvgIpc) is 2.78. The molecule has 0 fully saturated rings. The summed E-state index contributed by atoms with van der Waals surface area (Å²) in [6, 6.07) is 8.64. The van der Waals surface area contributed by atoms with E-state index in [1.165, 1.54) is 17.3 Å². The molecular formula is C13H17N3OS. The molecule has 96 valence electrons. The molecule has 0 bridgehead atoms. The molecule has 4 nitrogen and oxygen atoms in total. The van der Waals surface area contributed by atoms with Crippen molar-refractivity contribution in [3.05, 3.63) is 35.7 Å². The Labute approximate surface area is 111 Å². The number of rotatable bonds is 5. The van der Waals surface area contributed by atoms with Crippen LogP contribution in [0.1, 0.15) is 30.8 Å². The highest BCUT2D eigenvalue weighted by Gasteiger charge is 2.14. The lowest BCUT2D eigenvalue weighted by molar-refractivity contribution is 0.429. The molecule has 0 aliphatic rings. The molecule has 2 aromatic rings. The Hall–Kier alpha value is -1.33. The first kappa shape index (κ1) is 13.1. The quantitative estimate of drug-likeness (QED) is 0.897. The van der Waals surface area contributed by atoms with Gasteiger partial charge in [0, 0.05) is 17.9 Å². The van der Waals surface area contributed by atoms with E-state index in [4.69, 9.17) is 4.42 Å². The largest absolute Gasteiger partial charge is 0.416 e. The Morgan fingerprint density at radius 2 is 2.11 bits per heavy atom. The molecule has 1 N–H and O–H groups in total. The second-order valence-corrected chi connectivity index (χ2v) is 4.97. The summed E-state index contributed by atoms with van der Waals surface area (Å²) in [5, 5.41) is 11.8. The van der Waals surface area contributed by atoms with Crippen molar-refractivity contribution in [2.24, 2.45) is 0 Å². The van der Waals surface area contributed by atoms with Gasteiger partial charge in [0.05, 0.1) is 0 Å². The van der Waals surface area contributed by atoms with Gasteiger partial charge in [0.15, 0.2) is 0 Å². The number of aryl methyl sites for hydroxylation is 1. The van der Waals surface area contributed by atoms with Crippen molar-refractivity contribution in [2.75, 3.05) is 7.05 Å². The van der Waals surface area contributed by atoms with E-state index >= 15 is 0 Å². The van der Waals surface area contributed by atoms with Crippen LogP contribution in [0.4, 0.5) is 0 Å². The molecule has 1 atom stereocenters. The molecule has 2 rings (SSSR count). The smallest absolute Gasteiger partial charge is 0.281 e. The number of benzene rings is 1. The first-order valence-corrected chi connectivity index (χ1v) is 6.80. The number of aromatic nitrogens is 2. The van der Waals surface area contributed by atoms with Gasteiger partial charge >= 0.3 is 0 Å². The van der Waals surface area contributed by atoms with Gasteiger partial charge in [-0.05, 0) is 36.9 Å². The summed E-state index contributed by atoms with van der Waals surface area (Å²) in [5.74, 6) is 0.593. The third kappa shape index (κ3) is 2.91. The summed E-state index contributed by atoms with van der Waals surface area (Å²) in [4.78, 5) is 1.15.